The van der Waals surface area contributed by atoms with Gasteiger partial charge in [0, 0.05) is 25.3 Å². The Kier molecular flexibility index (Phi) is 12.4. The Morgan fingerprint density at radius 1 is 1.26 bits per heavy atom. The molecular formula is C29H38N2O3. The predicted molar refractivity (Wildman–Crippen MR) is 141 cm³/mol. The monoisotopic (exact) mass is 462 g/mol. The molecule has 5 heteroatoms. The highest BCUT2D eigenvalue weighted by Crippen LogP contribution is 2.31. The lowest BCUT2D eigenvalue weighted by atomic mass is 9.95. The molecule has 0 aliphatic carbocycles. The molecule has 0 radical (unpaired) electrons. The molecule has 2 amide bonds. The van der Waals surface area contributed by atoms with Crippen LogP contribution in [0, 0.1) is 18.8 Å². The maximum atomic E-state index is 13.2. The van der Waals surface area contributed by atoms with Gasteiger partial charge < -0.3 is 15.3 Å². The topological polar surface area (TPSA) is 69.6 Å². The van der Waals surface area contributed by atoms with Crippen molar-refractivity contribution in [2.24, 2.45) is 5.92 Å². The molecular weight excluding hydrogens is 424 g/mol. The van der Waals surface area contributed by atoms with Gasteiger partial charge in [-0.25, -0.2) is 0 Å². The number of allylic oxidation sites excluding steroid dienone is 5. The van der Waals surface area contributed by atoms with Gasteiger partial charge in [-0.3, -0.25) is 9.59 Å². The van der Waals surface area contributed by atoms with E-state index in [0.29, 0.717) is 36.3 Å². The Morgan fingerprint density at radius 3 is 2.53 bits per heavy atom. The third kappa shape index (κ3) is 7.07. The number of hydrogen-bond acceptors (Lipinski definition) is 3. The number of aliphatic hydroxyl groups excluding tert-OH is 1. The Morgan fingerprint density at radius 2 is 1.97 bits per heavy atom. The van der Waals surface area contributed by atoms with Crippen molar-refractivity contribution in [2.45, 2.75) is 53.5 Å². The van der Waals surface area contributed by atoms with Gasteiger partial charge in [-0.05, 0) is 55.4 Å². The van der Waals surface area contributed by atoms with Crippen LogP contribution in [0.15, 0.2) is 65.8 Å². The van der Waals surface area contributed by atoms with E-state index in [9.17, 15) is 14.7 Å². The lowest BCUT2D eigenvalue weighted by Crippen LogP contribution is -2.30. The van der Waals surface area contributed by atoms with Gasteiger partial charge in [-0.15, -0.1) is 12.8 Å². The first-order valence-corrected chi connectivity index (χ1v) is 11.8. The zero-order chi connectivity index (χ0) is 25.7. The third-order valence-electron chi connectivity index (χ3n) is 5.94. The van der Waals surface area contributed by atoms with Crippen LogP contribution in [0.4, 0.5) is 5.69 Å². The molecule has 0 fully saturated rings. The molecule has 0 aromatic heterocycles. The van der Waals surface area contributed by atoms with Crippen molar-refractivity contribution in [3.63, 3.8) is 0 Å². The minimum absolute atomic E-state index is 0.0723. The highest BCUT2D eigenvalue weighted by atomic mass is 16.3. The number of fused-ring (bicyclic) bond motifs is 1. The van der Waals surface area contributed by atoms with Gasteiger partial charge in [0.2, 0.25) is 0 Å². The molecule has 1 atom stereocenters. The molecule has 2 rings (SSSR count). The zero-order valence-corrected chi connectivity index (χ0v) is 20.9. The van der Waals surface area contributed by atoms with Crippen molar-refractivity contribution in [1.29, 1.82) is 0 Å². The number of carbonyl (C=O) groups excluding carboxylic acids is 2. The van der Waals surface area contributed by atoms with Gasteiger partial charge in [0.25, 0.3) is 11.8 Å². The Bertz CT molecular complexity index is 982. The first kappa shape index (κ1) is 28.7. The van der Waals surface area contributed by atoms with Crippen molar-refractivity contribution < 1.29 is 14.7 Å². The number of hydrogen-bond donors (Lipinski definition) is 2. The van der Waals surface area contributed by atoms with Gasteiger partial charge in [-0.1, -0.05) is 63.3 Å². The van der Waals surface area contributed by atoms with E-state index in [2.05, 4.69) is 31.7 Å². The van der Waals surface area contributed by atoms with Crippen LogP contribution in [0.25, 0.3) is 0 Å². The molecule has 1 unspecified atom stereocenters. The van der Waals surface area contributed by atoms with Crippen molar-refractivity contribution in [3.8, 4) is 12.8 Å². The van der Waals surface area contributed by atoms with E-state index in [1.165, 1.54) is 0 Å². The number of rotatable bonds is 11. The largest absolute Gasteiger partial charge is 0.396 e. The number of benzene rings is 1. The quantitative estimate of drug-likeness (QED) is 0.253. The smallest absolute Gasteiger partial charge is 0.256 e. The minimum atomic E-state index is -0.260. The Labute approximate surface area is 204 Å². The van der Waals surface area contributed by atoms with Crippen LogP contribution in [0.3, 0.4) is 0 Å². The summed E-state index contributed by atoms with van der Waals surface area (Å²) in [6, 6.07) is 5.58. The van der Waals surface area contributed by atoms with Crippen LogP contribution in [-0.4, -0.2) is 35.0 Å². The fraction of sp³-hybridized carbons (Fsp3) is 0.379. The van der Waals surface area contributed by atoms with Crippen LogP contribution in [0.1, 0.15) is 62.9 Å². The maximum absolute atomic E-state index is 13.2. The second-order valence-electron chi connectivity index (χ2n) is 8.03. The molecule has 1 aromatic rings. The summed E-state index contributed by atoms with van der Waals surface area (Å²) in [5.74, 6) is -0.0773. The number of aliphatic hydroxyl groups is 1. The van der Waals surface area contributed by atoms with E-state index in [-0.39, 0.29) is 24.3 Å². The summed E-state index contributed by atoms with van der Waals surface area (Å²) in [6.07, 6.45) is 17.8. The summed E-state index contributed by atoms with van der Waals surface area (Å²) >= 11 is 0. The highest BCUT2D eigenvalue weighted by Gasteiger charge is 2.31. The van der Waals surface area contributed by atoms with Crippen LogP contribution in [0.5, 0.6) is 0 Å². The van der Waals surface area contributed by atoms with Crippen molar-refractivity contribution in [1.82, 2.24) is 4.90 Å². The average Bonchev–Trinajstić information content (AvgIpc) is 3.17. The lowest BCUT2D eigenvalue weighted by Gasteiger charge is -2.22. The normalized spacial score (nSPS) is 14.4. The summed E-state index contributed by atoms with van der Waals surface area (Å²) in [4.78, 5) is 28.2. The molecule has 1 aromatic carbocycles. The van der Waals surface area contributed by atoms with E-state index in [1.54, 1.807) is 12.1 Å². The summed E-state index contributed by atoms with van der Waals surface area (Å²) in [6.45, 7) is 13.2. The number of terminal acetylenes is 1. The first-order chi connectivity index (χ1) is 16.4. The van der Waals surface area contributed by atoms with Crippen molar-refractivity contribution in [2.75, 3.05) is 18.5 Å². The summed E-state index contributed by atoms with van der Waals surface area (Å²) in [5, 5.41) is 12.3. The number of nitrogens with one attached hydrogen (secondary N) is 1. The second-order valence-corrected chi connectivity index (χ2v) is 8.03. The van der Waals surface area contributed by atoms with Gasteiger partial charge in [0.15, 0.2) is 0 Å². The molecule has 0 saturated carbocycles. The maximum Gasteiger partial charge on any atom is 0.256 e. The van der Waals surface area contributed by atoms with E-state index in [4.69, 9.17) is 0 Å². The van der Waals surface area contributed by atoms with E-state index in [0.717, 1.165) is 29.6 Å². The minimum Gasteiger partial charge on any atom is -0.396 e. The molecule has 0 saturated heterocycles. The number of nitrogens with zero attached hydrogens (tertiary/aromatic N) is 1. The lowest BCUT2D eigenvalue weighted by molar-refractivity contribution is -0.112. The Balaban J connectivity index is 0.00000281. The van der Waals surface area contributed by atoms with E-state index < -0.39 is 0 Å². The van der Waals surface area contributed by atoms with E-state index in [1.807, 2.05) is 56.0 Å². The molecule has 34 heavy (non-hydrogen) atoms. The number of carbonyl (C=O) groups is 2. The summed E-state index contributed by atoms with van der Waals surface area (Å²) in [7, 11) is 0. The van der Waals surface area contributed by atoms with Crippen LogP contribution in [-0.2, 0) is 11.3 Å². The predicted octanol–water partition coefficient (Wildman–Crippen LogP) is 5.65. The standard InChI is InChI=1S/C27H36N2O3.C2H2/c1-6-10-13-23(19(5)7-2)22(9-4)26(31)28-24-14-11-12-21-18-29(27(32)25(21)24)17-20(8-3)15-16-30;1-2/h6,9-14,20,30H,5,7-8,15-18H2,1-4H3,(H,28,31);1-2H/b10-6-,22-9+,23-13+;. The van der Waals surface area contributed by atoms with Crippen LogP contribution >= 0.6 is 0 Å². The number of anilines is 1. The molecule has 1 aliphatic heterocycles. The van der Waals surface area contributed by atoms with Crippen molar-refractivity contribution >= 4 is 17.5 Å². The van der Waals surface area contributed by atoms with Gasteiger partial charge in [0.1, 0.15) is 0 Å². The summed E-state index contributed by atoms with van der Waals surface area (Å²) < 4.78 is 0. The van der Waals surface area contributed by atoms with Gasteiger partial charge in [-0.2, -0.15) is 0 Å². The molecule has 0 bridgehead atoms. The van der Waals surface area contributed by atoms with Gasteiger partial charge >= 0.3 is 0 Å². The second kappa shape index (κ2) is 14.7. The molecule has 182 valence electrons. The first-order valence-electron chi connectivity index (χ1n) is 11.8. The zero-order valence-electron chi connectivity index (χ0n) is 20.9. The average molecular weight is 463 g/mol. The van der Waals surface area contributed by atoms with E-state index >= 15 is 0 Å². The van der Waals surface area contributed by atoms with Gasteiger partial charge in [0.05, 0.1) is 11.3 Å². The Hall–Kier alpha value is -3.36. The van der Waals surface area contributed by atoms with Crippen molar-refractivity contribution in [3.05, 3.63) is 76.9 Å². The fourth-order valence-corrected chi connectivity index (χ4v) is 3.97. The molecule has 5 nitrogen and oxygen atoms in total. The molecule has 1 heterocycles. The SMILES string of the molecule is C#C.C=C(CC)C(=C\C=C/C)/C(=C\C)C(=O)Nc1cccc2c1C(=O)N(CC(CC)CCO)C2. The van der Waals surface area contributed by atoms with Crippen LogP contribution < -0.4 is 5.32 Å². The third-order valence-corrected chi connectivity index (χ3v) is 5.94. The summed E-state index contributed by atoms with van der Waals surface area (Å²) in [5.41, 5.74) is 4.20. The fourth-order valence-electron chi connectivity index (χ4n) is 3.97. The van der Waals surface area contributed by atoms with Crippen LogP contribution in [0.2, 0.25) is 0 Å². The molecule has 2 N–H and O–H groups in total. The molecule has 0 spiro atoms. The highest BCUT2D eigenvalue weighted by molar-refractivity contribution is 6.12. The molecule has 1 aliphatic rings. The number of amides is 2.